The van der Waals surface area contributed by atoms with Gasteiger partial charge in [-0.25, -0.2) is 0 Å². The molecule has 0 spiro atoms. The van der Waals surface area contributed by atoms with E-state index in [1.807, 2.05) is 25.2 Å². The zero-order valence-corrected chi connectivity index (χ0v) is 19.2. The molecular formula is C25H36N4O2. The second-order valence-electron chi connectivity index (χ2n) is 8.24. The number of nitrogens with one attached hydrogen (secondary N) is 2. The normalized spacial score (nSPS) is 17.1. The average molecular weight is 425 g/mol. The fraction of sp³-hybridized carbons (Fsp3) is 0.480. The highest BCUT2D eigenvalue weighted by Gasteiger charge is 2.34. The Kier molecular flexibility index (Phi) is 8.32. The molecule has 0 radical (unpaired) electrons. The van der Waals surface area contributed by atoms with Crippen LogP contribution >= 0.6 is 0 Å². The molecule has 3 rings (SSSR count). The van der Waals surface area contributed by atoms with Crippen LogP contribution in [0.3, 0.4) is 0 Å². The van der Waals surface area contributed by atoms with Crippen molar-refractivity contribution in [1.82, 2.24) is 15.5 Å². The van der Waals surface area contributed by atoms with E-state index in [4.69, 9.17) is 9.47 Å². The summed E-state index contributed by atoms with van der Waals surface area (Å²) < 4.78 is 11.2. The lowest BCUT2D eigenvalue weighted by Gasteiger charge is -2.41. The lowest BCUT2D eigenvalue weighted by molar-refractivity contribution is 0.0353. The van der Waals surface area contributed by atoms with Crippen LogP contribution in [0.5, 0.6) is 5.75 Å². The Morgan fingerprint density at radius 3 is 2.48 bits per heavy atom. The highest BCUT2D eigenvalue weighted by molar-refractivity contribution is 5.79. The summed E-state index contributed by atoms with van der Waals surface area (Å²) in [6.45, 7) is 5.27. The molecule has 0 bridgehead atoms. The quantitative estimate of drug-likeness (QED) is 0.501. The lowest BCUT2D eigenvalue weighted by Crippen LogP contribution is -2.58. The zero-order chi connectivity index (χ0) is 22.1. The van der Waals surface area contributed by atoms with Gasteiger partial charge in [0.2, 0.25) is 0 Å². The largest absolute Gasteiger partial charge is 0.496 e. The first kappa shape index (κ1) is 23.1. The van der Waals surface area contributed by atoms with Crippen molar-refractivity contribution >= 4 is 5.96 Å². The van der Waals surface area contributed by atoms with E-state index in [-0.39, 0.29) is 11.6 Å². The maximum Gasteiger partial charge on any atom is 0.193 e. The summed E-state index contributed by atoms with van der Waals surface area (Å²) in [6.07, 6.45) is 1.93. The van der Waals surface area contributed by atoms with Crippen LogP contribution in [0.15, 0.2) is 59.6 Å². The molecule has 0 amide bonds. The van der Waals surface area contributed by atoms with Crippen molar-refractivity contribution < 1.29 is 9.47 Å². The first-order chi connectivity index (χ1) is 15.1. The average Bonchev–Trinajstić information content (AvgIpc) is 2.81. The minimum Gasteiger partial charge on any atom is -0.496 e. The number of guanidine groups is 1. The predicted molar refractivity (Wildman–Crippen MR) is 127 cm³/mol. The summed E-state index contributed by atoms with van der Waals surface area (Å²) >= 11 is 0. The van der Waals surface area contributed by atoms with Crippen LogP contribution in [0.1, 0.15) is 36.9 Å². The maximum absolute atomic E-state index is 5.67. The third kappa shape index (κ3) is 6.21. The summed E-state index contributed by atoms with van der Waals surface area (Å²) in [5, 5.41) is 7.51. The molecule has 1 heterocycles. The van der Waals surface area contributed by atoms with Crippen molar-refractivity contribution in [3.05, 3.63) is 65.7 Å². The van der Waals surface area contributed by atoms with Gasteiger partial charge in [0.15, 0.2) is 5.96 Å². The van der Waals surface area contributed by atoms with Gasteiger partial charge in [0.05, 0.1) is 7.11 Å². The molecule has 1 aliphatic heterocycles. The van der Waals surface area contributed by atoms with E-state index in [1.165, 1.54) is 5.56 Å². The predicted octanol–water partition coefficient (Wildman–Crippen LogP) is 3.60. The van der Waals surface area contributed by atoms with Crippen molar-refractivity contribution in [2.75, 3.05) is 41.0 Å². The van der Waals surface area contributed by atoms with Crippen LogP contribution in [0.4, 0.5) is 0 Å². The number of ether oxygens (including phenoxy) is 2. The third-order valence-corrected chi connectivity index (χ3v) is 6.03. The molecule has 2 N–H and O–H groups in total. The molecule has 1 fully saturated rings. The molecule has 1 saturated heterocycles. The first-order valence-corrected chi connectivity index (χ1v) is 11.0. The molecule has 6 nitrogen and oxygen atoms in total. The van der Waals surface area contributed by atoms with Crippen molar-refractivity contribution in [2.45, 2.75) is 37.9 Å². The first-order valence-electron chi connectivity index (χ1n) is 11.0. The van der Waals surface area contributed by atoms with E-state index in [0.717, 1.165) is 49.9 Å². The Morgan fingerprint density at radius 1 is 1.13 bits per heavy atom. The van der Waals surface area contributed by atoms with Crippen LogP contribution in [0.25, 0.3) is 0 Å². The van der Waals surface area contributed by atoms with E-state index in [2.05, 4.69) is 70.9 Å². The Labute approximate surface area is 186 Å². The SMILES string of the molecule is CN=C(NCC1(NC(C)c2ccccc2)CCOCC1)N(C)Cc1ccccc1OC. The van der Waals surface area contributed by atoms with E-state index >= 15 is 0 Å². The molecule has 168 valence electrons. The summed E-state index contributed by atoms with van der Waals surface area (Å²) in [4.78, 5) is 6.65. The van der Waals surface area contributed by atoms with Gasteiger partial charge in [-0.15, -0.1) is 0 Å². The number of hydrogen-bond acceptors (Lipinski definition) is 4. The fourth-order valence-corrected chi connectivity index (χ4v) is 4.22. The van der Waals surface area contributed by atoms with Gasteiger partial charge in [-0.1, -0.05) is 48.5 Å². The summed E-state index contributed by atoms with van der Waals surface area (Å²) in [5.74, 6) is 1.76. The number of rotatable bonds is 8. The number of nitrogens with zero attached hydrogens (tertiary/aromatic N) is 2. The van der Waals surface area contributed by atoms with Gasteiger partial charge in [0.1, 0.15) is 5.75 Å². The second-order valence-corrected chi connectivity index (χ2v) is 8.24. The van der Waals surface area contributed by atoms with Gasteiger partial charge in [0, 0.05) is 57.5 Å². The minimum atomic E-state index is -0.0469. The van der Waals surface area contributed by atoms with Crippen LogP contribution < -0.4 is 15.4 Å². The van der Waals surface area contributed by atoms with Crippen molar-refractivity contribution in [3.63, 3.8) is 0 Å². The van der Waals surface area contributed by atoms with Crippen LogP contribution in [-0.2, 0) is 11.3 Å². The summed E-state index contributed by atoms with van der Waals surface area (Å²) in [6, 6.07) is 19.0. The molecule has 6 heteroatoms. The van der Waals surface area contributed by atoms with Gasteiger partial charge in [-0.3, -0.25) is 4.99 Å². The van der Waals surface area contributed by atoms with E-state index in [9.17, 15) is 0 Å². The second kappa shape index (κ2) is 11.2. The lowest BCUT2D eigenvalue weighted by atomic mass is 9.88. The monoisotopic (exact) mass is 424 g/mol. The van der Waals surface area contributed by atoms with Gasteiger partial charge < -0.3 is 25.0 Å². The molecular weight excluding hydrogens is 388 g/mol. The molecule has 2 aromatic rings. The number of hydrogen-bond donors (Lipinski definition) is 2. The van der Waals surface area contributed by atoms with Crippen LogP contribution in [-0.4, -0.2) is 57.4 Å². The molecule has 0 aromatic heterocycles. The minimum absolute atomic E-state index is 0.0469. The van der Waals surface area contributed by atoms with Crippen molar-refractivity contribution in [1.29, 1.82) is 0 Å². The highest BCUT2D eigenvalue weighted by Crippen LogP contribution is 2.25. The Hall–Kier alpha value is -2.57. The number of benzene rings is 2. The third-order valence-electron chi connectivity index (χ3n) is 6.03. The van der Waals surface area contributed by atoms with Crippen molar-refractivity contribution in [2.24, 2.45) is 4.99 Å². The van der Waals surface area contributed by atoms with Gasteiger partial charge in [0.25, 0.3) is 0 Å². The van der Waals surface area contributed by atoms with Crippen LogP contribution in [0.2, 0.25) is 0 Å². The Balaban J connectivity index is 1.66. The van der Waals surface area contributed by atoms with Crippen LogP contribution in [0, 0.1) is 0 Å². The number of aliphatic imine (C=N–C) groups is 1. The van der Waals surface area contributed by atoms with E-state index in [1.54, 1.807) is 7.11 Å². The molecule has 2 aromatic carbocycles. The molecule has 1 atom stereocenters. The van der Waals surface area contributed by atoms with Gasteiger partial charge >= 0.3 is 0 Å². The maximum atomic E-state index is 5.67. The number of methoxy groups -OCH3 is 1. The van der Waals surface area contributed by atoms with E-state index in [0.29, 0.717) is 6.54 Å². The molecule has 1 aliphatic rings. The smallest absolute Gasteiger partial charge is 0.193 e. The molecule has 0 aliphatic carbocycles. The summed E-state index contributed by atoms with van der Waals surface area (Å²) in [7, 11) is 5.59. The Bertz CT molecular complexity index is 834. The van der Waals surface area contributed by atoms with Crippen molar-refractivity contribution in [3.8, 4) is 5.75 Å². The molecule has 31 heavy (non-hydrogen) atoms. The topological polar surface area (TPSA) is 58.1 Å². The fourth-order valence-electron chi connectivity index (χ4n) is 4.22. The van der Waals surface area contributed by atoms with Gasteiger partial charge in [-0.2, -0.15) is 0 Å². The van der Waals surface area contributed by atoms with E-state index < -0.39 is 0 Å². The highest BCUT2D eigenvalue weighted by atomic mass is 16.5. The van der Waals surface area contributed by atoms with Gasteiger partial charge in [-0.05, 0) is 31.4 Å². The molecule has 1 unspecified atom stereocenters. The summed E-state index contributed by atoms with van der Waals surface area (Å²) in [5.41, 5.74) is 2.38. The Morgan fingerprint density at radius 2 is 1.81 bits per heavy atom. The molecule has 0 saturated carbocycles. The zero-order valence-electron chi connectivity index (χ0n) is 19.2. The standard InChI is InChI=1S/C25H36N4O2/c1-20(21-10-6-5-7-11-21)28-25(14-16-31-17-15-25)19-27-24(26-2)29(3)18-22-12-8-9-13-23(22)30-4/h5-13,20,28H,14-19H2,1-4H3,(H,26,27). The number of para-hydroxylation sites is 1.